The van der Waals surface area contributed by atoms with Crippen LogP contribution in [0.15, 0.2) is 14.2 Å². The summed E-state index contributed by atoms with van der Waals surface area (Å²) in [5.41, 5.74) is 0.123. The molecule has 0 spiro atoms. The van der Waals surface area contributed by atoms with Crippen molar-refractivity contribution in [1.82, 2.24) is 18.9 Å². The van der Waals surface area contributed by atoms with Crippen molar-refractivity contribution in [2.75, 3.05) is 5.33 Å². The second kappa shape index (κ2) is 5.00. The third-order valence-electron chi connectivity index (χ3n) is 2.79. The molecule has 18 heavy (non-hydrogen) atoms. The molecule has 0 bridgehead atoms. The number of aryl methyl sites for hydroxylation is 2. The summed E-state index contributed by atoms with van der Waals surface area (Å²) in [5.74, 6) is 0. The molecular weight excluding hydrogens is 368 g/mol. The van der Waals surface area contributed by atoms with Gasteiger partial charge in [-0.1, -0.05) is 15.9 Å². The van der Waals surface area contributed by atoms with Crippen LogP contribution in [0.5, 0.6) is 0 Å². The summed E-state index contributed by atoms with van der Waals surface area (Å²) >= 11 is 6.75. The standard InChI is InChI=1S/C10H12Br2N4O2/c1-14-7-6(9(17)15(2)10(14)18)13-16(8(7)12)5-3-4-11/h3-5H2,1-2H3. The Labute approximate surface area is 119 Å². The Balaban J connectivity index is 2.80. The lowest BCUT2D eigenvalue weighted by Gasteiger charge is -2.03. The minimum absolute atomic E-state index is 0.307. The number of alkyl halides is 1. The monoisotopic (exact) mass is 378 g/mol. The molecule has 8 heteroatoms. The molecule has 2 rings (SSSR count). The lowest BCUT2D eigenvalue weighted by Crippen LogP contribution is -2.36. The zero-order valence-corrected chi connectivity index (χ0v) is 13.2. The molecule has 0 N–H and O–H groups in total. The van der Waals surface area contributed by atoms with Crippen molar-refractivity contribution < 1.29 is 0 Å². The molecular formula is C10H12Br2N4O2. The lowest BCUT2D eigenvalue weighted by molar-refractivity contribution is 0.600. The first kappa shape index (κ1) is 13.5. The van der Waals surface area contributed by atoms with Crippen molar-refractivity contribution >= 4 is 42.9 Å². The summed E-state index contributed by atoms with van der Waals surface area (Å²) in [6.45, 7) is 0.678. The van der Waals surface area contributed by atoms with E-state index in [0.29, 0.717) is 22.2 Å². The van der Waals surface area contributed by atoms with Crippen LogP contribution < -0.4 is 11.2 Å². The van der Waals surface area contributed by atoms with Crippen molar-refractivity contribution in [3.8, 4) is 0 Å². The Morgan fingerprint density at radius 1 is 1.22 bits per heavy atom. The molecule has 0 saturated carbocycles. The zero-order chi connectivity index (χ0) is 13.4. The number of rotatable bonds is 3. The highest BCUT2D eigenvalue weighted by Gasteiger charge is 2.17. The Kier molecular flexibility index (Phi) is 3.76. The third kappa shape index (κ3) is 1.97. The van der Waals surface area contributed by atoms with Gasteiger partial charge >= 0.3 is 5.69 Å². The zero-order valence-electron chi connectivity index (χ0n) is 9.98. The second-order valence-corrected chi connectivity index (χ2v) is 5.50. The highest BCUT2D eigenvalue weighted by atomic mass is 79.9. The highest BCUT2D eigenvalue weighted by Crippen LogP contribution is 2.20. The molecule has 0 unspecified atom stereocenters. The fourth-order valence-electron chi connectivity index (χ4n) is 1.80. The van der Waals surface area contributed by atoms with Gasteiger partial charge in [0.25, 0.3) is 5.56 Å². The van der Waals surface area contributed by atoms with Gasteiger partial charge in [-0.25, -0.2) is 4.79 Å². The molecule has 0 aromatic carbocycles. The van der Waals surface area contributed by atoms with E-state index in [4.69, 9.17) is 0 Å². The average Bonchev–Trinajstić information content (AvgIpc) is 2.69. The van der Waals surface area contributed by atoms with Crippen LogP contribution in [0.2, 0.25) is 0 Å². The van der Waals surface area contributed by atoms with Gasteiger partial charge in [0.15, 0.2) is 5.52 Å². The van der Waals surface area contributed by atoms with E-state index < -0.39 is 0 Å². The number of hydrogen-bond donors (Lipinski definition) is 0. The highest BCUT2D eigenvalue weighted by molar-refractivity contribution is 9.10. The molecule has 0 aliphatic heterocycles. The van der Waals surface area contributed by atoms with Crippen LogP contribution in [-0.2, 0) is 20.6 Å². The number of nitrogens with zero attached hydrogens (tertiary/aromatic N) is 4. The van der Waals surface area contributed by atoms with Gasteiger partial charge in [0.1, 0.15) is 10.1 Å². The molecule has 2 aromatic heterocycles. The van der Waals surface area contributed by atoms with Crippen LogP contribution in [0.4, 0.5) is 0 Å². The summed E-state index contributed by atoms with van der Waals surface area (Å²) in [7, 11) is 3.08. The van der Waals surface area contributed by atoms with Gasteiger partial charge in [-0.05, 0) is 22.4 Å². The van der Waals surface area contributed by atoms with E-state index in [-0.39, 0.29) is 11.2 Å². The van der Waals surface area contributed by atoms with E-state index in [0.717, 1.165) is 16.3 Å². The van der Waals surface area contributed by atoms with Crippen molar-refractivity contribution in [3.05, 3.63) is 25.4 Å². The van der Waals surface area contributed by atoms with Crippen LogP contribution in [0.1, 0.15) is 6.42 Å². The van der Waals surface area contributed by atoms with Crippen LogP contribution >= 0.6 is 31.9 Å². The fraction of sp³-hybridized carbons (Fsp3) is 0.500. The van der Waals surface area contributed by atoms with Crippen LogP contribution in [-0.4, -0.2) is 24.2 Å². The van der Waals surface area contributed by atoms with Gasteiger partial charge in [-0.15, -0.1) is 0 Å². The average molecular weight is 380 g/mol. The maximum absolute atomic E-state index is 12.0. The van der Waals surface area contributed by atoms with Gasteiger partial charge in [-0.3, -0.25) is 18.6 Å². The molecule has 0 atom stereocenters. The van der Waals surface area contributed by atoms with Gasteiger partial charge in [-0.2, -0.15) is 5.10 Å². The maximum atomic E-state index is 12.0. The summed E-state index contributed by atoms with van der Waals surface area (Å²) in [6, 6.07) is 0. The van der Waals surface area contributed by atoms with Crippen LogP contribution in [0.3, 0.4) is 0 Å². The van der Waals surface area contributed by atoms with Crippen molar-refractivity contribution in [2.24, 2.45) is 14.1 Å². The first-order valence-corrected chi connectivity index (χ1v) is 7.28. The Bertz CT molecular complexity index is 713. The smallest absolute Gasteiger partial charge is 0.292 e. The topological polar surface area (TPSA) is 61.8 Å². The van der Waals surface area contributed by atoms with E-state index in [2.05, 4.69) is 37.0 Å². The molecule has 0 fully saturated rings. The number of aromatic nitrogens is 4. The molecule has 0 aliphatic rings. The van der Waals surface area contributed by atoms with E-state index in [1.165, 1.54) is 11.6 Å². The fourth-order valence-corrected chi connectivity index (χ4v) is 2.76. The van der Waals surface area contributed by atoms with E-state index in [9.17, 15) is 9.59 Å². The molecule has 6 nitrogen and oxygen atoms in total. The SMILES string of the molecule is Cn1c(=O)c2nn(CCCBr)c(Br)c2n(C)c1=O. The van der Waals surface area contributed by atoms with E-state index >= 15 is 0 Å². The second-order valence-electron chi connectivity index (χ2n) is 3.96. The molecule has 0 amide bonds. The van der Waals surface area contributed by atoms with Crippen LogP contribution in [0.25, 0.3) is 11.0 Å². The number of halogens is 2. The lowest BCUT2D eigenvalue weighted by atomic mass is 10.4. The Morgan fingerprint density at radius 3 is 2.50 bits per heavy atom. The predicted octanol–water partition coefficient (Wildman–Crippen LogP) is 0.981. The largest absolute Gasteiger partial charge is 0.331 e. The van der Waals surface area contributed by atoms with Gasteiger partial charge < -0.3 is 0 Å². The quantitative estimate of drug-likeness (QED) is 0.747. The van der Waals surface area contributed by atoms with Gasteiger partial charge in [0.2, 0.25) is 0 Å². The molecule has 98 valence electrons. The Morgan fingerprint density at radius 2 is 1.89 bits per heavy atom. The van der Waals surface area contributed by atoms with Crippen molar-refractivity contribution in [2.45, 2.75) is 13.0 Å². The molecule has 0 radical (unpaired) electrons. The van der Waals surface area contributed by atoms with Crippen molar-refractivity contribution in [3.63, 3.8) is 0 Å². The summed E-state index contributed by atoms with van der Waals surface area (Å²) in [4.78, 5) is 23.8. The summed E-state index contributed by atoms with van der Waals surface area (Å²) < 4.78 is 4.86. The summed E-state index contributed by atoms with van der Waals surface area (Å²) in [6.07, 6.45) is 0.890. The summed E-state index contributed by atoms with van der Waals surface area (Å²) in [5, 5.41) is 5.12. The Hall–Kier alpha value is -0.890. The molecule has 0 saturated heterocycles. The number of fused-ring (bicyclic) bond motifs is 1. The first-order valence-electron chi connectivity index (χ1n) is 5.37. The number of hydrogen-bond acceptors (Lipinski definition) is 3. The van der Waals surface area contributed by atoms with Gasteiger partial charge in [0.05, 0.1) is 0 Å². The molecule has 2 heterocycles. The van der Waals surface area contributed by atoms with E-state index in [1.807, 2.05) is 0 Å². The molecule has 0 aliphatic carbocycles. The van der Waals surface area contributed by atoms with Crippen LogP contribution in [0, 0.1) is 0 Å². The maximum Gasteiger partial charge on any atom is 0.331 e. The van der Waals surface area contributed by atoms with E-state index in [1.54, 1.807) is 11.7 Å². The van der Waals surface area contributed by atoms with Gasteiger partial charge in [0, 0.05) is 26.0 Å². The van der Waals surface area contributed by atoms with Crippen molar-refractivity contribution in [1.29, 1.82) is 0 Å². The normalized spacial score (nSPS) is 11.3. The minimum atomic E-state index is -0.369. The first-order chi connectivity index (χ1) is 8.49. The third-order valence-corrected chi connectivity index (χ3v) is 4.13. The minimum Gasteiger partial charge on any atom is -0.292 e. The molecule has 2 aromatic rings. The predicted molar refractivity (Wildman–Crippen MR) is 76.3 cm³/mol.